The second-order valence-electron chi connectivity index (χ2n) is 12.3. The number of anilines is 2. The van der Waals surface area contributed by atoms with Crippen molar-refractivity contribution in [1.82, 2.24) is 29.4 Å². The third-order valence-corrected chi connectivity index (χ3v) is 8.19. The fourth-order valence-electron chi connectivity index (χ4n) is 5.06. The Bertz CT molecular complexity index is 1910. The number of thiazole rings is 1. The van der Waals surface area contributed by atoms with Gasteiger partial charge in [0, 0.05) is 23.2 Å². The molecule has 12 nitrogen and oxygen atoms in total. The van der Waals surface area contributed by atoms with Gasteiger partial charge < -0.3 is 25.6 Å². The standard InChI is InChI=1S/C29H34F3N7O5S/c1-27(2,3)44-25(41)36-16-9-15(10-20(16)40)39-18-11-22(33-12-19(18)38(6)26(39)42)37-23-8-14(28(4,5)43)7-17(35-23)24-34-13-21(45-24)29(30,31)32/h7-8,11-13,15-16,20,40,43H,9-10H2,1-6H3,(H,36,41)(H,33,35,37)/t15-,16-,20-/m0/s1/i6D3. The summed E-state index contributed by atoms with van der Waals surface area (Å²) in [5.74, 6) is 0.157. The highest BCUT2D eigenvalue weighted by Crippen LogP contribution is 2.38. The van der Waals surface area contributed by atoms with Gasteiger partial charge in [0.05, 0.1) is 41.2 Å². The minimum atomic E-state index is -4.60. The molecule has 4 heterocycles. The first-order chi connectivity index (χ1) is 22.0. The number of pyridine rings is 2. The van der Waals surface area contributed by atoms with Gasteiger partial charge in [-0.15, -0.1) is 11.3 Å². The Morgan fingerprint density at radius 1 is 1.09 bits per heavy atom. The van der Waals surface area contributed by atoms with Crippen molar-refractivity contribution < 1.29 is 37.0 Å². The van der Waals surface area contributed by atoms with E-state index in [2.05, 4.69) is 25.6 Å². The topological polar surface area (TPSA) is 156 Å². The molecule has 45 heavy (non-hydrogen) atoms. The van der Waals surface area contributed by atoms with Gasteiger partial charge in [0.25, 0.3) is 0 Å². The van der Waals surface area contributed by atoms with Crippen LogP contribution in [0.3, 0.4) is 0 Å². The zero-order valence-corrected chi connectivity index (χ0v) is 25.7. The molecule has 0 saturated heterocycles. The van der Waals surface area contributed by atoms with E-state index < -0.39 is 59.2 Å². The molecular weight excluding hydrogens is 615 g/mol. The maximum atomic E-state index is 13.6. The Hall–Kier alpha value is -4.02. The Kier molecular flexibility index (Phi) is 7.21. The largest absolute Gasteiger partial charge is 0.444 e. The summed E-state index contributed by atoms with van der Waals surface area (Å²) in [7, 11) is 0. The van der Waals surface area contributed by atoms with Gasteiger partial charge in [-0.1, -0.05) is 0 Å². The summed E-state index contributed by atoms with van der Waals surface area (Å²) in [4.78, 5) is 37.6. The monoisotopic (exact) mass is 652 g/mol. The van der Waals surface area contributed by atoms with E-state index in [4.69, 9.17) is 8.85 Å². The van der Waals surface area contributed by atoms with Crippen LogP contribution in [0.25, 0.3) is 21.7 Å². The van der Waals surface area contributed by atoms with Crippen LogP contribution < -0.4 is 16.3 Å². The number of aliphatic hydroxyl groups excluding tert-OH is 1. The lowest BCUT2D eigenvalue weighted by molar-refractivity contribution is -0.134. The van der Waals surface area contributed by atoms with E-state index in [1.165, 1.54) is 42.8 Å². The number of halogens is 3. The minimum Gasteiger partial charge on any atom is -0.444 e. The van der Waals surface area contributed by atoms with E-state index in [1.54, 1.807) is 20.8 Å². The number of nitrogens with zero attached hydrogens (tertiary/aromatic N) is 5. The number of alkyl carbamates (subject to hydrolysis) is 1. The molecule has 4 aromatic rings. The quantitative estimate of drug-likeness (QED) is 0.229. The van der Waals surface area contributed by atoms with Crippen molar-refractivity contribution in [2.45, 2.75) is 83.0 Å². The highest BCUT2D eigenvalue weighted by Gasteiger charge is 2.38. The summed E-state index contributed by atoms with van der Waals surface area (Å²) in [5.41, 5.74) is -2.63. The summed E-state index contributed by atoms with van der Waals surface area (Å²) in [6.45, 7) is 5.14. The molecule has 0 radical (unpaired) electrons. The summed E-state index contributed by atoms with van der Waals surface area (Å²) in [6.07, 6.45) is -4.46. The van der Waals surface area contributed by atoms with Crippen molar-refractivity contribution in [1.29, 1.82) is 0 Å². The van der Waals surface area contributed by atoms with Gasteiger partial charge in [-0.25, -0.2) is 24.5 Å². The van der Waals surface area contributed by atoms with E-state index in [-0.39, 0.29) is 46.2 Å². The molecule has 16 heteroatoms. The van der Waals surface area contributed by atoms with Gasteiger partial charge in [-0.05, 0) is 65.2 Å². The number of aliphatic hydroxyl groups is 2. The van der Waals surface area contributed by atoms with Crippen LogP contribution in [0.5, 0.6) is 0 Å². The van der Waals surface area contributed by atoms with E-state index in [9.17, 15) is 33.0 Å². The molecular formula is C29H34F3N7O5S. The van der Waals surface area contributed by atoms with E-state index in [0.29, 0.717) is 27.7 Å². The number of ether oxygens (including phenoxy) is 1. The number of fused-ring (bicyclic) bond motifs is 1. The van der Waals surface area contributed by atoms with Crippen molar-refractivity contribution in [3.05, 3.63) is 51.5 Å². The first-order valence-electron chi connectivity index (χ1n) is 15.4. The van der Waals surface area contributed by atoms with Crippen molar-refractivity contribution in [3.63, 3.8) is 0 Å². The molecule has 0 aromatic carbocycles. The van der Waals surface area contributed by atoms with Gasteiger partial charge in [-0.3, -0.25) is 9.13 Å². The van der Waals surface area contributed by atoms with Crippen LogP contribution in [0.1, 0.15) is 68.1 Å². The molecule has 4 N–H and O–H groups in total. The Labute approximate surface area is 264 Å². The Morgan fingerprint density at radius 3 is 2.44 bits per heavy atom. The average Bonchev–Trinajstić information content (AvgIpc) is 3.62. The highest BCUT2D eigenvalue weighted by atomic mass is 32.1. The molecule has 0 bridgehead atoms. The first kappa shape index (κ1) is 28.5. The van der Waals surface area contributed by atoms with Crippen LogP contribution in [0.2, 0.25) is 0 Å². The number of carbonyl (C=O) groups excluding carboxylic acids is 1. The molecule has 4 aromatic heterocycles. The predicted molar refractivity (Wildman–Crippen MR) is 161 cm³/mol. The number of alkyl halides is 3. The second kappa shape index (κ2) is 11.4. The summed E-state index contributed by atoms with van der Waals surface area (Å²) >= 11 is 0.386. The molecule has 1 aliphatic rings. The molecule has 1 fully saturated rings. The minimum absolute atomic E-state index is 0.0117. The summed E-state index contributed by atoms with van der Waals surface area (Å²) in [6, 6.07) is 2.77. The number of aromatic nitrogens is 5. The molecule has 0 aliphatic heterocycles. The maximum absolute atomic E-state index is 13.6. The summed E-state index contributed by atoms with van der Waals surface area (Å²) < 4.78 is 71.0. The van der Waals surface area contributed by atoms with Gasteiger partial charge in [0.2, 0.25) is 0 Å². The number of hydrogen-bond acceptors (Lipinski definition) is 10. The van der Waals surface area contributed by atoms with Crippen LogP contribution in [-0.2, 0) is 23.5 Å². The number of imidazole rings is 1. The number of carbonyl (C=O) groups is 1. The fourth-order valence-corrected chi connectivity index (χ4v) is 5.81. The van der Waals surface area contributed by atoms with Crippen molar-refractivity contribution >= 4 is 40.1 Å². The average molecular weight is 653 g/mol. The van der Waals surface area contributed by atoms with Crippen molar-refractivity contribution in [3.8, 4) is 10.7 Å². The van der Waals surface area contributed by atoms with Crippen LogP contribution in [0, 0.1) is 0 Å². The third-order valence-electron chi connectivity index (χ3n) is 7.12. The van der Waals surface area contributed by atoms with E-state index in [0.717, 1.165) is 0 Å². The SMILES string of the molecule is [2H]C([2H])([2H])n1c(=O)n([C@H]2C[C@H](NC(=O)OC(C)(C)C)[C@@H](O)C2)c2cc(Nc3cc(C(C)(C)O)cc(-c4ncc(C(F)(F)F)s4)n3)ncc21. The number of hydrogen-bond donors (Lipinski definition) is 4. The fraction of sp³-hybridized carbons (Fsp3) is 0.483. The lowest BCUT2D eigenvalue weighted by Gasteiger charge is -2.23. The number of rotatable bonds is 6. The highest BCUT2D eigenvalue weighted by molar-refractivity contribution is 7.15. The lowest BCUT2D eigenvalue weighted by Crippen LogP contribution is -2.42. The van der Waals surface area contributed by atoms with Crippen molar-refractivity contribution in [2.24, 2.45) is 6.98 Å². The molecule has 1 aliphatic carbocycles. The van der Waals surface area contributed by atoms with Crippen LogP contribution in [0.15, 0.2) is 35.4 Å². The van der Waals surface area contributed by atoms with Crippen molar-refractivity contribution in [2.75, 3.05) is 5.32 Å². The van der Waals surface area contributed by atoms with Gasteiger partial charge >= 0.3 is 18.0 Å². The number of amides is 1. The normalized spacial score (nSPS) is 20.5. The zero-order valence-electron chi connectivity index (χ0n) is 27.9. The molecule has 0 spiro atoms. The molecule has 0 unspecified atom stereocenters. The van der Waals surface area contributed by atoms with Gasteiger partial charge in [-0.2, -0.15) is 13.2 Å². The lowest BCUT2D eigenvalue weighted by atomic mass is 9.98. The third kappa shape index (κ3) is 6.97. The van der Waals surface area contributed by atoms with Crippen LogP contribution in [0.4, 0.5) is 29.6 Å². The predicted octanol–water partition coefficient (Wildman–Crippen LogP) is 4.83. The second-order valence-corrected chi connectivity index (χ2v) is 13.4. The zero-order chi connectivity index (χ0) is 35.6. The molecule has 3 atom stereocenters. The van der Waals surface area contributed by atoms with E-state index >= 15 is 0 Å². The van der Waals surface area contributed by atoms with E-state index in [1.807, 2.05) is 0 Å². The number of nitrogens with one attached hydrogen (secondary N) is 2. The number of aryl methyl sites for hydroxylation is 1. The Morgan fingerprint density at radius 2 is 1.82 bits per heavy atom. The van der Waals surface area contributed by atoms with Crippen LogP contribution in [-0.4, -0.2) is 58.1 Å². The van der Waals surface area contributed by atoms with Gasteiger partial charge in [0.1, 0.15) is 32.8 Å². The molecule has 242 valence electrons. The Balaban J connectivity index is 1.54. The molecule has 5 rings (SSSR count). The first-order valence-corrected chi connectivity index (χ1v) is 14.7. The summed E-state index contributed by atoms with van der Waals surface area (Å²) in [5, 5.41) is 27.0. The maximum Gasteiger partial charge on any atom is 0.427 e. The van der Waals surface area contributed by atoms with Crippen LogP contribution >= 0.6 is 11.3 Å². The molecule has 1 saturated carbocycles. The smallest absolute Gasteiger partial charge is 0.427 e. The molecule has 1 amide bonds. The van der Waals surface area contributed by atoms with Gasteiger partial charge in [0.15, 0.2) is 0 Å².